The van der Waals surface area contributed by atoms with Gasteiger partial charge >= 0.3 is 0 Å². The average Bonchev–Trinajstić information content (AvgIpc) is 2.80. The minimum Gasteiger partial charge on any atom is -0.438 e. The van der Waals surface area contributed by atoms with Crippen LogP contribution in [-0.2, 0) is 0 Å². The molecule has 0 atom stereocenters. The summed E-state index contributed by atoms with van der Waals surface area (Å²) in [6.45, 7) is 0. The van der Waals surface area contributed by atoms with E-state index in [1.54, 1.807) is 42.7 Å². The number of amides is 1. The highest BCUT2D eigenvalue weighted by atomic mass is 16.5. The lowest BCUT2D eigenvalue weighted by atomic mass is 10.2. The van der Waals surface area contributed by atoms with E-state index in [2.05, 4.69) is 20.3 Å². The zero-order valence-corrected chi connectivity index (χ0v) is 17.2. The van der Waals surface area contributed by atoms with Crippen molar-refractivity contribution in [3.63, 3.8) is 0 Å². The quantitative estimate of drug-likeness (QED) is 0.497. The molecule has 0 spiro atoms. The van der Waals surface area contributed by atoms with Crippen molar-refractivity contribution in [2.45, 2.75) is 0 Å². The maximum atomic E-state index is 12.6. The molecule has 0 unspecified atom stereocenters. The molecule has 0 aliphatic rings. The molecular formula is C24H21N5O2. The first-order valence-electron chi connectivity index (χ1n) is 9.68. The molecule has 0 aliphatic carbocycles. The van der Waals surface area contributed by atoms with Gasteiger partial charge in [-0.15, -0.1) is 0 Å². The van der Waals surface area contributed by atoms with Crippen LogP contribution in [0.15, 0.2) is 85.5 Å². The molecule has 0 radical (unpaired) electrons. The number of pyridine rings is 1. The number of hydrogen-bond donors (Lipinski definition) is 1. The summed E-state index contributed by atoms with van der Waals surface area (Å²) in [7, 11) is 3.91. The molecule has 0 saturated heterocycles. The van der Waals surface area contributed by atoms with Crippen molar-refractivity contribution < 1.29 is 9.53 Å². The molecule has 154 valence electrons. The van der Waals surface area contributed by atoms with E-state index in [4.69, 9.17) is 4.74 Å². The highest BCUT2D eigenvalue weighted by molar-refractivity contribution is 6.04. The van der Waals surface area contributed by atoms with E-state index in [1.807, 2.05) is 55.4 Å². The zero-order valence-electron chi connectivity index (χ0n) is 17.2. The zero-order chi connectivity index (χ0) is 21.6. The molecular weight excluding hydrogens is 390 g/mol. The summed E-state index contributed by atoms with van der Waals surface area (Å²) in [5.41, 5.74) is 3.69. The van der Waals surface area contributed by atoms with Crippen LogP contribution >= 0.6 is 0 Å². The minimum atomic E-state index is -0.193. The molecule has 1 amide bonds. The number of anilines is 2. The van der Waals surface area contributed by atoms with E-state index in [0.29, 0.717) is 28.6 Å². The Hall–Kier alpha value is -4.26. The normalized spacial score (nSPS) is 10.4. The topological polar surface area (TPSA) is 80.2 Å². The Bertz CT molecular complexity index is 1180. The van der Waals surface area contributed by atoms with E-state index in [1.165, 1.54) is 6.33 Å². The van der Waals surface area contributed by atoms with Gasteiger partial charge in [0.05, 0.1) is 11.3 Å². The molecule has 31 heavy (non-hydrogen) atoms. The summed E-state index contributed by atoms with van der Waals surface area (Å²) in [4.78, 5) is 27.1. The van der Waals surface area contributed by atoms with E-state index in [9.17, 15) is 4.79 Å². The fourth-order valence-electron chi connectivity index (χ4n) is 2.98. The maximum Gasteiger partial charge on any atom is 0.255 e. The van der Waals surface area contributed by atoms with Gasteiger partial charge in [-0.05, 0) is 54.6 Å². The first-order chi connectivity index (χ1) is 15.1. The summed E-state index contributed by atoms with van der Waals surface area (Å²) in [6, 6.07) is 20.1. The van der Waals surface area contributed by atoms with Crippen LogP contribution in [0.25, 0.3) is 11.3 Å². The Balaban J connectivity index is 1.51. The summed E-state index contributed by atoms with van der Waals surface area (Å²) in [5.74, 6) is 0.778. The van der Waals surface area contributed by atoms with Crippen molar-refractivity contribution in [2.75, 3.05) is 24.3 Å². The van der Waals surface area contributed by atoms with Gasteiger partial charge in [0.25, 0.3) is 5.91 Å². The second-order valence-electron chi connectivity index (χ2n) is 6.98. The van der Waals surface area contributed by atoms with Crippen LogP contribution in [0.3, 0.4) is 0 Å². The largest absolute Gasteiger partial charge is 0.438 e. The highest BCUT2D eigenvalue weighted by Crippen LogP contribution is 2.30. The maximum absolute atomic E-state index is 12.6. The number of carbonyl (C=O) groups is 1. The number of rotatable bonds is 6. The van der Waals surface area contributed by atoms with Crippen LogP contribution in [0.1, 0.15) is 10.4 Å². The van der Waals surface area contributed by atoms with Gasteiger partial charge in [-0.2, -0.15) is 0 Å². The fraction of sp³-hybridized carbons (Fsp3) is 0.0833. The molecule has 7 heteroatoms. The highest BCUT2D eigenvalue weighted by Gasteiger charge is 2.11. The first-order valence-corrected chi connectivity index (χ1v) is 9.68. The third-order valence-electron chi connectivity index (χ3n) is 4.58. The molecule has 7 nitrogen and oxygen atoms in total. The monoisotopic (exact) mass is 411 g/mol. The van der Waals surface area contributed by atoms with Crippen molar-refractivity contribution in [1.82, 2.24) is 15.0 Å². The predicted octanol–water partition coefficient (Wildman–Crippen LogP) is 4.65. The molecule has 0 saturated carbocycles. The summed E-state index contributed by atoms with van der Waals surface area (Å²) in [6.07, 6.45) is 4.80. The number of ether oxygens (including phenoxy) is 1. The minimum absolute atomic E-state index is 0.193. The lowest BCUT2D eigenvalue weighted by Crippen LogP contribution is -2.13. The van der Waals surface area contributed by atoms with E-state index < -0.39 is 0 Å². The second kappa shape index (κ2) is 9.04. The number of benzene rings is 2. The number of hydrogen-bond acceptors (Lipinski definition) is 6. The Labute approximate surface area is 180 Å². The van der Waals surface area contributed by atoms with Crippen LogP contribution in [0.5, 0.6) is 11.6 Å². The number of nitrogens with zero attached hydrogens (tertiary/aromatic N) is 4. The van der Waals surface area contributed by atoms with Gasteiger partial charge < -0.3 is 15.0 Å². The van der Waals surface area contributed by atoms with Crippen LogP contribution in [0, 0.1) is 0 Å². The molecule has 2 aromatic carbocycles. The van der Waals surface area contributed by atoms with Crippen LogP contribution < -0.4 is 15.0 Å². The Morgan fingerprint density at radius 3 is 2.52 bits per heavy atom. The van der Waals surface area contributed by atoms with Crippen LogP contribution in [-0.4, -0.2) is 35.0 Å². The molecule has 2 heterocycles. The molecule has 0 aliphatic heterocycles. The fourth-order valence-corrected chi connectivity index (χ4v) is 2.98. The van der Waals surface area contributed by atoms with Crippen molar-refractivity contribution in [2.24, 2.45) is 0 Å². The summed E-state index contributed by atoms with van der Waals surface area (Å²) >= 11 is 0. The van der Waals surface area contributed by atoms with Gasteiger partial charge in [-0.3, -0.25) is 4.79 Å². The summed E-state index contributed by atoms with van der Waals surface area (Å²) in [5, 5.41) is 2.91. The van der Waals surface area contributed by atoms with E-state index in [-0.39, 0.29) is 5.91 Å². The standard InChI is InChI=1S/C24H21N5O2/c1-29(2)19-10-8-17(9-11-19)23(30)28-18-5-3-6-20(15-18)31-24-21(7-4-13-26-24)22-12-14-25-16-27-22/h3-16H,1-2H3,(H,28,30). The van der Waals surface area contributed by atoms with E-state index in [0.717, 1.165) is 11.3 Å². The number of aromatic nitrogens is 3. The Kier molecular flexibility index (Phi) is 5.84. The first kappa shape index (κ1) is 20.0. The molecule has 0 fully saturated rings. The Morgan fingerprint density at radius 2 is 1.77 bits per heavy atom. The van der Waals surface area contributed by atoms with Crippen LogP contribution in [0.2, 0.25) is 0 Å². The van der Waals surface area contributed by atoms with E-state index >= 15 is 0 Å². The molecule has 4 aromatic rings. The van der Waals surface area contributed by atoms with Gasteiger partial charge in [0.1, 0.15) is 12.1 Å². The molecule has 4 rings (SSSR count). The number of carbonyl (C=O) groups excluding carboxylic acids is 1. The van der Waals surface area contributed by atoms with Gasteiger partial charge in [0.2, 0.25) is 5.88 Å². The molecule has 1 N–H and O–H groups in total. The van der Waals surface area contributed by atoms with Crippen molar-refractivity contribution >= 4 is 17.3 Å². The lowest BCUT2D eigenvalue weighted by molar-refractivity contribution is 0.102. The summed E-state index contributed by atoms with van der Waals surface area (Å²) < 4.78 is 6.01. The van der Waals surface area contributed by atoms with Crippen molar-refractivity contribution in [3.8, 4) is 22.9 Å². The van der Waals surface area contributed by atoms with Crippen LogP contribution in [0.4, 0.5) is 11.4 Å². The van der Waals surface area contributed by atoms with Gasteiger partial charge in [0, 0.05) is 49.5 Å². The predicted molar refractivity (Wildman–Crippen MR) is 121 cm³/mol. The third-order valence-corrected chi connectivity index (χ3v) is 4.58. The number of nitrogens with one attached hydrogen (secondary N) is 1. The molecule has 2 aromatic heterocycles. The second-order valence-corrected chi connectivity index (χ2v) is 6.98. The molecule has 0 bridgehead atoms. The average molecular weight is 411 g/mol. The third kappa shape index (κ3) is 4.84. The Morgan fingerprint density at radius 1 is 0.935 bits per heavy atom. The SMILES string of the molecule is CN(C)c1ccc(C(=O)Nc2cccc(Oc3ncccc3-c3ccncn3)c2)cc1. The van der Waals surface area contributed by atoms with Crippen molar-refractivity contribution in [1.29, 1.82) is 0 Å². The van der Waals surface area contributed by atoms with Crippen molar-refractivity contribution in [3.05, 3.63) is 91.0 Å². The van der Waals surface area contributed by atoms with Gasteiger partial charge in [-0.1, -0.05) is 6.07 Å². The lowest BCUT2D eigenvalue weighted by Gasteiger charge is -2.13. The van der Waals surface area contributed by atoms with Gasteiger partial charge in [0.15, 0.2) is 0 Å². The van der Waals surface area contributed by atoms with Gasteiger partial charge in [-0.25, -0.2) is 15.0 Å². The smallest absolute Gasteiger partial charge is 0.255 e.